The Morgan fingerprint density at radius 3 is 2.41 bits per heavy atom. The zero-order chi connectivity index (χ0) is 21.0. The summed E-state index contributed by atoms with van der Waals surface area (Å²) >= 11 is 0. The fraction of sp³-hybridized carbons (Fsp3) is 0.429. The lowest BCUT2D eigenvalue weighted by Gasteiger charge is -2.27. The highest BCUT2D eigenvalue weighted by molar-refractivity contribution is 5.94. The molecule has 0 aliphatic carbocycles. The van der Waals surface area contributed by atoms with Gasteiger partial charge in [0, 0.05) is 13.2 Å². The molecule has 3 rings (SSSR count). The van der Waals surface area contributed by atoms with E-state index in [1.54, 1.807) is 4.98 Å². The van der Waals surface area contributed by atoms with E-state index >= 15 is 0 Å². The second-order valence-electron chi connectivity index (χ2n) is 7.34. The van der Waals surface area contributed by atoms with Gasteiger partial charge in [-0.25, -0.2) is 0 Å². The molecule has 1 aliphatic heterocycles. The number of aromatic nitrogens is 1. The van der Waals surface area contributed by atoms with Gasteiger partial charge in [-0.2, -0.15) is 13.2 Å². The molecule has 2 N–H and O–H groups in total. The van der Waals surface area contributed by atoms with Gasteiger partial charge in [0.2, 0.25) is 0 Å². The van der Waals surface area contributed by atoms with Gasteiger partial charge in [0.1, 0.15) is 11.3 Å². The molecule has 1 fully saturated rings. The van der Waals surface area contributed by atoms with Crippen LogP contribution in [0.15, 0.2) is 41.2 Å². The Hall–Kier alpha value is -2.61. The van der Waals surface area contributed by atoms with Crippen molar-refractivity contribution in [2.24, 2.45) is 5.92 Å². The topological polar surface area (TPSA) is 71.2 Å². The van der Waals surface area contributed by atoms with Crippen LogP contribution < -0.4 is 10.9 Å². The van der Waals surface area contributed by atoms with Crippen LogP contribution in [0.2, 0.25) is 0 Å². The molecule has 1 aliphatic rings. The lowest BCUT2D eigenvalue weighted by molar-refractivity contribution is -0.141. The van der Waals surface area contributed by atoms with Crippen molar-refractivity contribution in [3.63, 3.8) is 0 Å². The Bertz CT molecular complexity index is 901. The number of carbonyl (C=O) groups excluding carboxylic acids is 1. The number of amides is 1. The van der Waals surface area contributed by atoms with E-state index in [0.29, 0.717) is 31.6 Å². The quantitative estimate of drug-likeness (QED) is 0.786. The smallest absolute Gasteiger partial charge is 0.381 e. The molecule has 1 aromatic heterocycles. The number of aromatic amines is 1. The summed E-state index contributed by atoms with van der Waals surface area (Å²) in [5.41, 5.74) is -0.632. The van der Waals surface area contributed by atoms with E-state index in [1.807, 2.05) is 31.2 Å². The molecule has 0 saturated carbocycles. The summed E-state index contributed by atoms with van der Waals surface area (Å²) in [4.78, 5) is 26.5. The first kappa shape index (κ1) is 21.1. The average molecular weight is 408 g/mol. The third-order valence-electron chi connectivity index (χ3n) is 5.15. The predicted molar refractivity (Wildman–Crippen MR) is 102 cm³/mol. The predicted octanol–water partition coefficient (Wildman–Crippen LogP) is 3.99. The highest BCUT2D eigenvalue weighted by Crippen LogP contribution is 2.29. The van der Waals surface area contributed by atoms with Crippen LogP contribution in [0.25, 0.3) is 0 Å². The Morgan fingerprint density at radius 2 is 1.83 bits per heavy atom. The Kier molecular flexibility index (Phi) is 6.42. The highest BCUT2D eigenvalue weighted by Gasteiger charge is 2.32. The van der Waals surface area contributed by atoms with Crippen molar-refractivity contribution in [1.29, 1.82) is 0 Å². The normalized spacial score (nSPS) is 16.4. The van der Waals surface area contributed by atoms with Gasteiger partial charge >= 0.3 is 6.18 Å². The SMILES string of the molecule is Cc1ccc(C(CC2CCOCC2)NC(=O)c2ccc(C(F)(F)F)[nH]c2=O)cc1. The molecule has 0 radical (unpaired) electrons. The summed E-state index contributed by atoms with van der Waals surface area (Å²) in [7, 11) is 0. The first-order valence-electron chi connectivity index (χ1n) is 9.49. The number of H-pyrrole nitrogens is 1. The van der Waals surface area contributed by atoms with Crippen LogP contribution >= 0.6 is 0 Å². The molecule has 1 aromatic carbocycles. The van der Waals surface area contributed by atoms with Crippen molar-refractivity contribution in [2.75, 3.05) is 13.2 Å². The lowest BCUT2D eigenvalue weighted by Crippen LogP contribution is -2.35. The number of benzene rings is 1. The van der Waals surface area contributed by atoms with E-state index in [9.17, 15) is 22.8 Å². The van der Waals surface area contributed by atoms with Gasteiger partial charge in [0.05, 0.1) is 6.04 Å². The molecule has 2 heterocycles. The molecule has 0 spiro atoms. The monoisotopic (exact) mass is 408 g/mol. The van der Waals surface area contributed by atoms with Crippen molar-refractivity contribution in [1.82, 2.24) is 10.3 Å². The van der Waals surface area contributed by atoms with Crippen LogP contribution in [0, 0.1) is 12.8 Å². The van der Waals surface area contributed by atoms with Crippen LogP contribution in [0.1, 0.15) is 52.5 Å². The molecule has 1 atom stereocenters. The molecular formula is C21H23F3N2O3. The molecule has 29 heavy (non-hydrogen) atoms. The van der Waals surface area contributed by atoms with Gasteiger partial charge in [-0.15, -0.1) is 0 Å². The molecular weight excluding hydrogens is 385 g/mol. The number of carbonyl (C=O) groups is 1. The largest absolute Gasteiger partial charge is 0.431 e. The summed E-state index contributed by atoms with van der Waals surface area (Å²) in [5, 5.41) is 2.83. The number of hydrogen-bond acceptors (Lipinski definition) is 3. The standard InChI is InChI=1S/C21H23F3N2O3/c1-13-2-4-15(5-3-13)17(12-14-8-10-29-11-9-14)25-19(27)16-6-7-18(21(22,23)24)26-20(16)28/h2-7,14,17H,8-12H2,1H3,(H,25,27)(H,26,28). The second kappa shape index (κ2) is 8.82. The molecule has 8 heteroatoms. The maximum Gasteiger partial charge on any atom is 0.431 e. The van der Waals surface area contributed by atoms with Gasteiger partial charge in [-0.1, -0.05) is 29.8 Å². The Balaban J connectivity index is 1.81. The molecule has 2 aromatic rings. The maximum atomic E-state index is 12.7. The Morgan fingerprint density at radius 1 is 1.17 bits per heavy atom. The van der Waals surface area contributed by atoms with E-state index in [2.05, 4.69) is 5.32 Å². The Labute approximate surface area is 166 Å². The van der Waals surface area contributed by atoms with E-state index in [-0.39, 0.29) is 11.6 Å². The van der Waals surface area contributed by atoms with Crippen molar-refractivity contribution in [3.05, 3.63) is 69.1 Å². The molecule has 0 bridgehead atoms. The summed E-state index contributed by atoms with van der Waals surface area (Å²) in [6.07, 6.45) is -2.27. The van der Waals surface area contributed by atoms with E-state index in [0.717, 1.165) is 30.0 Å². The van der Waals surface area contributed by atoms with Crippen LogP contribution in [0.5, 0.6) is 0 Å². The minimum absolute atomic E-state index is 0.345. The first-order valence-corrected chi connectivity index (χ1v) is 9.49. The summed E-state index contributed by atoms with van der Waals surface area (Å²) in [6.45, 7) is 3.28. The highest BCUT2D eigenvalue weighted by atomic mass is 19.4. The fourth-order valence-electron chi connectivity index (χ4n) is 3.45. The summed E-state index contributed by atoms with van der Waals surface area (Å²) in [5.74, 6) is -0.348. The first-order chi connectivity index (χ1) is 13.7. The van der Waals surface area contributed by atoms with Crippen LogP contribution in [-0.2, 0) is 10.9 Å². The zero-order valence-corrected chi connectivity index (χ0v) is 16.0. The molecule has 1 amide bonds. The van der Waals surface area contributed by atoms with Gasteiger partial charge in [0.25, 0.3) is 11.5 Å². The summed E-state index contributed by atoms with van der Waals surface area (Å²) in [6, 6.07) is 8.96. The number of ether oxygens (including phenoxy) is 1. The van der Waals surface area contributed by atoms with Crippen molar-refractivity contribution >= 4 is 5.91 Å². The summed E-state index contributed by atoms with van der Waals surface area (Å²) < 4.78 is 43.6. The average Bonchev–Trinajstić information content (AvgIpc) is 2.68. The van der Waals surface area contributed by atoms with Crippen LogP contribution in [-0.4, -0.2) is 24.1 Å². The molecule has 5 nitrogen and oxygen atoms in total. The number of pyridine rings is 1. The minimum Gasteiger partial charge on any atom is -0.381 e. The number of halogens is 3. The number of aryl methyl sites for hydroxylation is 1. The van der Waals surface area contributed by atoms with E-state index in [1.165, 1.54) is 0 Å². The van der Waals surface area contributed by atoms with Gasteiger partial charge < -0.3 is 15.0 Å². The lowest BCUT2D eigenvalue weighted by atomic mass is 9.89. The van der Waals surface area contributed by atoms with Crippen LogP contribution in [0.4, 0.5) is 13.2 Å². The maximum absolute atomic E-state index is 12.7. The minimum atomic E-state index is -4.68. The van der Waals surface area contributed by atoms with Crippen LogP contribution in [0.3, 0.4) is 0 Å². The molecule has 156 valence electrons. The fourth-order valence-corrected chi connectivity index (χ4v) is 3.45. The van der Waals surface area contributed by atoms with Gasteiger partial charge in [-0.05, 0) is 49.8 Å². The molecule has 1 unspecified atom stereocenters. The van der Waals surface area contributed by atoms with Crippen molar-refractivity contribution in [3.8, 4) is 0 Å². The third-order valence-corrected chi connectivity index (χ3v) is 5.15. The van der Waals surface area contributed by atoms with Gasteiger partial charge in [0.15, 0.2) is 0 Å². The van der Waals surface area contributed by atoms with Gasteiger partial charge in [-0.3, -0.25) is 9.59 Å². The van der Waals surface area contributed by atoms with E-state index in [4.69, 9.17) is 4.74 Å². The number of nitrogens with one attached hydrogen (secondary N) is 2. The zero-order valence-electron chi connectivity index (χ0n) is 16.0. The van der Waals surface area contributed by atoms with Crippen molar-refractivity contribution in [2.45, 2.75) is 38.4 Å². The molecule has 1 saturated heterocycles. The van der Waals surface area contributed by atoms with E-state index < -0.39 is 23.3 Å². The number of alkyl halides is 3. The number of hydrogen-bond donors (Lipinski definition) is 2. The second-order valence-corrected chi connectivity index (χ2v) is 7.34. The van der Waals surface area contributed by atoms with Crippen molar-refractivity contribution < 1.29 is 22.7 Å². The third kappa shape index (κ3) is 5.47. The number of rotatable bonds is 5.